The van der Waals surface area contributed by atoms with Crippen molar-refractivity contribution < 1.29 is 32.3 Å². The Bertz CT molecular complexity index is 1020. The third-order valence-electron chi connectivity index (χ3n) is 8.67. The zero-order valence-corrected chi connectivity index (χ0v) is 20.7. The lowest BCUT2D eigenvalue weighted by Gasteiger charge is -2.35. The molecule has 2 saturated heterocycles. The number of hydrogen-bond donors (Lipinski definition) is 3. The van der Waals surface area contributed by atoms with E-state index in [9.17, 15) is 37.6 Å². The van der Waals surface area contributed by atoms with Crippen LogP contribution in [0, 0.1) is 39.9 Å². The molecular weight excluding hydrogens is 479 g/mol. The predicted molar refractivity (Wildman–Crippen MR) is 119 cm³/mol. The van der Waals surface area contributed by atoms with Crippen molar-refractivity contribution in [3.63, 3.8) is 0 Å². The normalized spacial score (nSPS) is 33.0. The number of carbonyl (C=O) groups is 4. The van der Waals surface area contributed by atoms with Crippen LogP contribution in [0.2, 0.25) is 0 Å². The van der Waals surface area contributed by atoms with E-state index in [1.165, 1.54) is 4.90 Å². The van der Waals surface area contributed by atoms with Gasteiger partial charge in [0.2, 0.25) is 17.7 Å². The summed E-state index contributed by atoms with van der Waals surface area (Å²) in [5.41, 5.74) is -1.07. The lowest BCUT2D eigenvalue weighted by Crippen LogP contribution is -2.59. The van der Waals surface area contributed by atoms with E-state index in [-0.39, 0.29) is 42.2 Å². The van der Waals surface area contributed by atoms with E-state index < -0.39 is 53.4 Å². The molecule has 198 valence electrons. The third kappa shape index (κ3) is 4.64. The molecule has 0 spiro atoms. The van der Waals surface area contributed by atoms with Crippen LogP contribution in [0.15, 0.2) is 0 Å². The van der Waals surface area contributed by atoms with E-state index in [0.717, 1.165) is 0 Å². The van der Waals surface area contributed by atoms with Crippen LogP contribution in [0.3, 0.4) is 0 Å². The zero-order valence-electron chi connectivity index (χ0n) is 20.7. The van der Waals surface area contributed by atoms with Crippen molar-refractivity contribution >= 4 is 23.6 Å². The van der Waals surface area contributed by atoms with Gasteiger partial charge in [-0.25, -0.2) is 0 Å². The van der Waals surface area contributed by atoms with Gasteiger partial charge >= 0.3 is 12.1 Å². The summed E-state index contributed by atoms with van der Waals surface area (Å²) in [4.78, 5) is 52.0. The maximum absolute atomic E-state index is 13.5. The summed E-state index contributed by atoms with van der Waals surface area (Å²) >= 11 is 0. The molecule has 0 aromatic carbocycles. The molecule has 4 rings (SSSR count). The van der Waals surface area contributed by atoms with Gasteiger partial charge in [-0.2, -0.15) is 18.4 Å². The van der Waals surface area contributed by atoms with E-state index in [0.29, 0.717) is 19.3 Å². The number of hydrogen-bond acceptors (Lipinski definition) is 5. The van der Waals surface area contributed by atoms with Gasteiger partial charge in [-0.15, -0.1) is 0 Å². The minimum atomic E-state index is -5.14. The van der Waals surface area contributed by atoms with Crippen molar-refractivity contribution in [3.05, 3.63) is 0 Å². The predicted octanol–water partition coefficient (Wildman–Crippen LogP) is 1.24. The molecule has 3 N–H and O–H groups in total. The van der Waals surface area contributed by atoms with Crippen LogP contribution < -0.4 is 16.0 Å². The smallest absolute Gasteiger partial charge is 0.353 e. The van der Waals surface area contributed by atoms with Gasteiger partial charge < -0.3 is 20.9 Å². The number of fused-ring (bicyclic) bond motifs is 1. The first kappa shape index (κ1) is 26.2. The fourth-order valence-corrected chi connectivity index (χ4v) is 6.05. The number of carbonyl (C=O) groups excluding carboxylic acids is 4. The lowest BCUT2D eigenvalue weighted by atomic mass is 9.94. The second-order valence-corrected chi connectivity index (χ2v) is 11.7. The van der Waals surface area contributed by atoms with E-state index in [1.54, 1.807) is 6.92 Å². The lowest BCUT2D eigenvalue weighted by molar-refractivity contribution is -0.176. The molecule has 2 saturated carbocycles. The quantitative estimate of drug-likeness (QED) is 0.473. The minimum absolute atomic E-state index is 0.0230. The summed E-state index contributed by atoms with van der Waals surface area (Å²) in [6.45, 7) is 7.59. The number of likely N-dealkylation sites (tertiary alicyclic amines) is 1. The molecule has 0 bridgehead atoms. The van der Waals surface area contributed by atoms with Gasteiger partial charge in [0.05, 0.1) is 6.07 Å². The van der Waals surface area contributed by atoms with E-state index >= 15 is 0 Å². The highest BCUT2D eigenvalue weighted by Crippen LogP contribution is 2.65. The van der Waals surface area contributed by atoms with Crippen molar-refractivity contribution in [1.29, 1.82) is 5.26 Å². The number of piperidine rings is 1. The van der Waals surface area contributed by atoms with Crippen LogP contribution in [0.25, 0.3) is 0 Å². The molecule has 0 aromatic rings. The van der Waals surface area contributed by atoms with E-state index in [1.807, 2.05) is 32.2 Å². The maximum atomic E-state index is 13.5. The van der Waals surface area contributed by atoms with Crippen LogP contribution in [-0.4, -0.2) is 65.4 Å². The van der Waals surface area contributed by atoms with Gasteiger partial charge in [-0.3, -0.25) is 19.2 Å². The molecule has 2 heterocycles. The van der Waals surface area contributed by atoms with Gasteiger partial charge in [0.1, 0.15) is 18.1 Å². The van der Waals surface area contributed by atoms with Gasteiger partial charge in [-0.05, 0) is 55.3 Å². The van der Waals surface area contributed by atoms with E-state index in [4.69, 9.17) is 0 Å². The molecule has 9 nitrogen and oxygen atoms in total. The Morgan fingerprint density at radius 2 is 1.86 bits per heavy atom. The Kier molecular flexibility index (Phi) is 6.29. The second kappa shape index (κ2) is 8.63. The molecule has 2 aliphatic heterocycles. The fourth-order valence-electron chi connectivity index (χ4n) is 6.05. The number of rotatable bonds is 7. The molecule has 0 radical (unpaired) electrons. The molecule has 4 aliphatic rings. The Hall–Kier alpha value is -2.84. The van der Waals surface area contributed by atoms with Gasteiger partial charge in [-0.1, -0.05) is 20.8 Å². The second-order valence-electron chi connectivity index (χ2n) is 11.7. The third-order valence-corrected chi connectivity index (χ3v) is 8.67. The number of nitrogens with one attached hydrogen (secondary N) is 3. The molecule has 4 fully saturated rings. The molecule has 36 heavy (non-hydrogen) atoms. The first-order chi connectivity index (χ1) is 16.6. The topological polar surface area (TPSA) is 131 Å². The number of nitriles is 1. The van der Waals surface area contributed by atoms with Crippen molar-refractivity contribution in [3.8, 4) is 6.07 Å². The molecule has 0 unspecified atom stereocenters. The number of amides is 4. The average Bonchev–Trinajstić information content (AvgIpc) is 3.48. The fraction of sp³-hybridized carbons (Fsp3) is 0.792. The van der Waals surface area contributed by atoms with Crippen LogP contribution in [-0.2, 0) is 19.2 Å². The van der Waals surface area contributed by atoms with Gasteiger partial charge in [0, 0.05) is 18.5 Å². The average molecular weight is 512 g/mol. The van der Waals surface area contributed by atoms with Crippen LogP contribution in [0.5, 0.6) is 0 Å². The highest BCUT2D eigenvalue weighted by Gasteiger charge is 2.70. The Labute approximate surface area is 207 Å². The first-order valence-electron chi connectivity index (χ1n) is 12.3. The molecule has 0 aromatic heterocycles. The molecule has 7 atom stereocenters. The monoisotopic (exact) mass is 511 g/mol. The largest absolute Gasteiger partial charge is 0.471 e. The van der Waals surface area contributed by atoms with Crippen LogP contribution in [0.1, 0.15) is 53.4 Å². The zero-order chi connectivity index (χ0) is 26.8. The molecule has 12 heteroatoms. The van der Waals surface area contributed by atoms with Gasteiger partial charge in [0.15, 0.2) is 0 Å². The van der Waals surface area contributed by atoms with Crippen molar-refractivity contribution in [1.82, 2.24) is 20.9 Å². The Balaban J connectivity index is 1.51. The van der Waals surface area contributed by atoms with Gasteiger partial charge in [0.25, 0.3) is 0 Å². The summed E-state index contributed by atoms with van der Waals surface area (Å²) in [5, 5.41) is 17.0. The Morgan fingerprint density at radius 3 is 2.36 bits per heavy atom. The summed E-state index contributed by atoms with van der Waals surface area (Å²) < 4.78 is 38.9. The minimum Gasteiger partial charge on any atom is -0.353 e. The summed E-state index contributed by atoms with van der Waals surface area (Å²) in [6, 6.07) is -1.35. The van der Waals surface area contributed by atoms with Crippen molar-refractivity contribution in [2.24, 2.45) is 28.6 Å². The number of nitrogens with zero attached hydrogens (tertiary/aromatic N) is 2. The number of alkyl halides is 3. The molecular formula is C24H32F3N5O4. The highest BCUT2D eigenvalue weighted by atomic mass is 19.4. The summed E-state index contributed by atoms with van der Waals surface area (Å²) in [5.74, 6) is -4.32. The van der Waals surface area contributed by atoms with Crippen molar-refractivity contribution in [2.75, 3.05) is 6.54 Å². The summed E-state index contributed by atoms with van der Waals surface area (Å²) in [6.07, 6.45) is -3.53. The Morgan fingerprint density at radius 1 is 1.22 bits per heavy atom. The molecule has 2 aliphatic carbocycles. The SMILES string of the molecule is C[C@@H]1C[C@@H](C[C@@H](C#N)NC(=O)[C@@H]2[C@@H]3[C@H](CN2C(=O)[C@@H](NC(=O)C(F)(F)F)C2(C)CC2)C3(C)C)C(=O)N1. The first-order valence-corrected chi connectivity index (χ1v) is 12.3. The molecule has 4 amide bonds. The highest BCUT2D eigenvalue weighted by molar-refractivity contribution is 5.95. The van der Waals surface area contributed by atoms with Crippen LogP contribution >= 0.6 is 0 Å². The standard InChI is InChI=1S/C24H32F3N5O4/c1-11-7-12(18(33)29-11)8-13(9-28)30-19(34)16-15-14(22(15,2)3)10-32(16)20(35)17(23(4)5-6-23)31-21(36)24(25,26)27/h11-17H,5-8,10H2,1-4H3,(H,29,33)(H,30,34)(H,31,36)/t11-,12+,13+,14+,15+,16+,17-/m1/s1. The maximum Gasteiger partial charge on any atom is 0.471 e. The van der Waals surface area contributed by atoms with Crippen molar-refractivity contribution in [2.45, 2.75) is 83.7 Å². The van der Waals surface area contributed by atoms with Crippen LogP contribution in [0.4, 0.5) is 13.2 Å². The summed E-state index contributed by atoms with van der Waals surface area (Å²) in [7, 11) is 0. The number of halogens is 3. The van der Waals surface area contributed by atoms with E-state index in [2.05, 4.69) is 10.6 Å².